The molecule has 17 heteroatoms. The number of hydrogen-bond donors (Lipinski definition) is 2. The third kappa shape index (κ3) is 8.69. The van der Waals surface area contributed by atoms with Crippen LogP contribution in [-0.4, -0.2) is 97.9 Å². The highest BCUT2D eigenvalue weighted by Crippen LogP contribution is 2.35. The van der Waals surface area contributed by atoms with Gasteiger partial charge in [0.15, 0.2) is 22.6 Å². The molecule has 0 radical (unpaired) electrons. The maximum atomic E-state index is 13.7. The fourth-order valence-electron chi connectivity index (χ4n) is 7.77. The number of imidazole rings is 1. The summed E-state index contributed by atoms with van der Waals surface area (Å²) in [6.45, 7) is 3.42. The first kappa shape index (κ1) is 39.6. The molecule has 1 amide bonds. The molecule has 2 fully saturated rings. The molecule has 0 spiro atoms. The van der Waals surface area contributed by atoms with Crippen LogP contribution in [0.5, 0.6) is 23.3 Å². The van der Waals surface area contributed by atoms with Gasteiger partial charge in [-0.25, -0.2) is 29.9 Å². The molecule has 316 valence electrons. The molecule has 0 saturated carbocycles. The Kier molecular flexibility index (Phi) is 11.0. The smallest absolute Gasteiger partial charge is 0.263 e. The van der Waals surface area contributed by atoms with Crippen LogP contribution in [-0.2, 0) is 16.1 Å². The predicted octanol–water partition coefficient (Wildman–Crippen LogP) is 7.63. The summed E-state index contributed by atoms with van der Waals surface area (Å²) in [7, 11) is 1.72. The van der Waals surface area contributed by atoms with Gasteiger partial charge in [-0.05, 0) is 79.2 Å². The Bertz CT molecular complexity index is 2860. The van der Waals surface area contributed by atoms with Crippen LogP contribution in [0, 0.1) is 5.92 Å². The zero-order chi connectivity index (χ0) is 42.7. The molecule has 63 heavy (non-hydrogen) atoms. The second-order valence-electron chi connectivity index (χ2n) is 15.3. The third-order valence-electron chi connectivity index (χ3n) is 10.9. The first-order chi connectivity index (χ1) is 30.9. The van der Waals surface area contributed by atoms with E-state index in [1.165, 1.54) is 6.20 Å². The number of carbonyl (C=O) groups is 2. The number of aromatic nitrogens is 7. The van der Waals surface area contributed by atoms with Gasteiger partial charge in [-0.2, -0.15) is 0 Å². The van der Waals surface area contributed by atoms with E-state index in [9.17, 15) is 9.59 Å². The van der Waals surface area contributed by atoms with E-state index in [2.05, 4.69) is 41.2 Å². The highest BCUT2D eigenvalue weighted by atomic mass is 32.1. The van der Waals surface area contributed by atoms with Gasteiger partial charge in [0.05, 0.1) is 52.8 Å². The van der Waals surface area contributed by atoms with E-state index in [1.54, 1.807) is 60.0 Å². The van der Waals surface area contributed by atoms with Crippen molar-refractivity contribution in [3.63, 3.8) is 0 Å². The average molecular weight is 860 g/mol. The number of carbonyl (C=O) groups excluding carboxylic acids is 2. The summed E-state index contributed by atoms with van der Waals surface area (Å²) >= 11 is 1.60. The summed E-state index contributed by atoms with van der Waals surface area (Å²) in [6, 6.07) is 29.9. The number of fused-ring (bicyclic) bond motifs is 2. The van der Waals surface area contributed by atoms with Crippen LogP contribution in [0.25, 0.3) is 21.3 Å². The van der Waals surface area contributed by atoms with E-state index in [0.29, 0.717) is 65.9 Å². The number of para-hydroxylation sites is 3. The highest BCUT2D eigenvalue weighted by molar-refractivity contribution is 7.22. The number of hydrogen-bond acceptors (Lipinski definition) is 15. The number of nitrogens with one attached hydrogen (secondary N) is 2. The lowest BCUT2D eigenvalue weighted by Crippen LogP contribution is -2.50. The Morgan fingerprint density at radius 1 is 0.794 bits per heavy atom. The SMILES string of the molecule is COCC1CCN(c2ncc(CN3CCN(c4nccnc4Oc4ccc(C(=O)c5nc6ccccc6[nH]5)cc4)CC3=O)nc2Oc2ccc(Nc3nc4ccccc4s3)cc2)C1. The molecule has 2 N–H and O–H groups in total. The summed E-state index contributed by atoms with van der Waals surface area (Å²) in [4.78, 5) is 63.7. The van der Waals surface area contributed by atoms with Crippen molar-refractivity contribution in [3.05, 3.63) is 133 Å². The topological polar surface area (TPSA) is 177 Å². The monoisotopic (exact) mass is 859 g/mol. The lowest BCUT2D eigenvalue weighted by Gasteiger charge is -2.35. The maximum Gasteiger partial charge on any atom is 0.263 e. The first-order valence-corrected chi connectivity index (χ1v) is 21.4. The highest BCUT2D eigenvalue weighted by Gasteiger charge is 2.30. The Morgan fingerprint density at radius 2 is 1.54 bits per heavy atom. The average Bonchev–Trinajstić information content (AvgIpc) is 4.07. The van der Waals surface area contributed by atoms with Crippen LogP contribution in [0.1, 0.15) is 28.3 Å². The van der Waals surface area contributed by atoms with Gasteiger partial charge in [-0.3, -0.25) is 9.59 Å². The minimum Gasteiger partial charge on any atom is -0.436 e. The van der Waals surface area contributed by atoms with Gasteiger partial charge in [-0.15, -0.1) is 0 Å². The molecule has 1 atom stereocenters. The molecule has 2 aliphatic heterocycles. The fourth-order valence-corrected chi connectivity index (χ4v) is 8.65. The number of ether oxygens (including phenoxy) is 3. The Morgan fingerprint density at radius 3 is 2.33 bits per heavy atom. The third-order valence-corrected chi connectivity index (χ3v) is 11.9. The van der Waals surface area contributed by atoms with Gasteiger partial charge >= 0.3 is 0 Å². The summed E-state index contributed by atoms with van der Waals surface area (Å²) in [5.41, 5.74) is 4.40. The van der Waals surface area contributed by atoms with Crippen molar-refractivity contribution >= 4 is 66.7 Å². The molecule has 1 unspecified atom stereocenters. The number of anilines is 4. The molecule has 6 heterocycles. The summed E-state index contributed by atoms with van der Waals surface area (Å²) in [5, 5.41) is 4.20. The predicted molar refractivity (Wildman–Crippen MR) is 239 cm³/mol. The van der Waals surface area contributed by atoms with Gasteiger partial charge in [0, 0.05) is 62.9 Å². The standard InChI is InChI=1S/C46H41N11O5S/c1-60-28-29-18-21-56(25-29)43-45(62-34-16-12-31(13-17-34)51-46-54-37-8-4-5-9-38(37)63-46)50-32(24-49-43)26-55-22-23-57(27-39(55)58)42-44(48-20-19-47-42)61-33-14-10-30(11-15-33)40(59)41-52-35-6-2-3-7-36(35)53-41/h2-17,19-20,24,29H,18,21-23,25-28H2,1H3,(H,51,54)(H,52,53). The second kappa shape index (κ2) is 17.5. The molecule has 2 saturated heterocycles. The van der Waals surface area contributed by atoms with Crippen molar-refractivity contribution in [2.75, 3.05) is 61.6 Å². The Hall–Kier alpha value is -7.50. The summed E-state index contributed by atoms with van der Waals surface area (Å²) in [5.74, 6) is 3.05. The first-order valence-electron chi connectivity index (χ1n) is 20.5. The zero-order valence-electron chi connectivity index (χ0n) is 34.2. The number of amides is 1. The number of benzene rings is 4. The minimum atomic E-state index is -0.233. The number of aromatic amines is 1. The van der Waals surface area contributed by atoms with Crippen LogP contribution in [0.2, 0.25) is 0 Å². The van der Waals surface area contributed by atoms with E-state index in [-0.39, 0.29) is 36.5 Å². The van der Waals surface area contributed by atoms with E-state index < -0.39 is 0 Å². The van der Waals surface area contributed by atoms with Crippen molar-refractivity contribution in [1.29, 1.82) is 0 Å². The zero-order valence-corrected chi connectivity index (χ0v) is 35.0. The Labute approximate surface area is 365 Å². The van der Waals surface area contributed by atoms with E-state index in [4.69, 9.17) is 24.2 Å². The van der Waals surface area contributed by atoms with Crippen molar-refractivity contribution in [1.82, 2.24) is 39.8 Å². The molecule has 8 aromatic rings. The van der Waals surface area contributed by atoms with Gasteiger partial charge in [0.1, 0.15) is 11.5 Å². The maximum absolute atomic E-state index is 13.7. The van der Waals surface area contributed by atoms with Gasteiger partial charge in [-0.1, -0.05) is 35.6 Å². The van der Waals surface area contributed by atoms with Crippen LogP contribution in [0.4, 0.5) is 22.5 Å². The molecule has 2 aliphatic rings. The number of thiazole rings is 1. The lowest BCUT2D eigenvalue weighted by molar-refractivity contribution is -0.131. The molecule has 4 aromatic carbocycles. The van der Waals surface area contributed by atoms with Crippen LogP contribution >= 0.6 is 11.3 Å². The summed E-state index contributed by atoms with van der Waals surface area (Å²) in [6.07, 6.45) is 5.80. The Balaban J connectivity index is 0.807. The van der Waals surface area contributed by atoms with E-state index in [1.807, 2.05) is 71.6 Å². The molecule has 4 aromatic heterocycles. The number of nitrogens with zero attached hydrogens (tertiary/aromatic N) is 9. The lowest BCUT2D eigenvalue weighted by atomic mass is 10.1. The second-order valence-corrected chi connectivity index (χ2v) is 16.3. The summed E-state index contributed by atoms with van der Waals surface area (Å²) < 4.78 is 19.2. The van der Waals surface area contributed by atoms with E-state index in [0.717, 1.165) is 51.6 Å². The van der Waals surface area contributed by atoms with Gasteiger partial charge < -0.3 is 39.2 Å². The normalized spacial score (nSPS) is 15.3. The largest absolute Gasteiger partial charge is 0.436 e. The quantitative estimate of drug-likeness (QED) is 0.102. The van der Waals surface area contributed by atoms with Crippen molar-refractivity contribution in [2.45, 2.75) is 13.0 Å². The van der Waals surface area contributed by atoms with Crippen LogP contribution < -0.4 is 24.6 Å². The number of rotatable bonds is 14. The number of piperazine rings is 1. The molecular weight excluding hydrogens is 819 g/mol. The molecule has 10 rings (SSSR count). The fraction of sp³-hybridized carbons (Fsp3) is 0.217. The van der Waals surface area contributed by atoms with E-state index >= 15 is 0 Å². The van der Waals surface area contributed by atoms with Crippen LogP contribution in [0.3, 0.4) is 0 Å². The number of methoxy groups -OCH3 is 1. The molecule has 0 aliphatic carbocycles. The van der Waals surface area contributed by atoms with Gasteiger partial charge in [0.2, 0.25) is 11.7 Å². The molecular formula is C46H41N11O5S. The van der Waals surface area contributed by atoms with Gasteiger partial charge in [0.25, 0.3) is 11.8 Å². The minimum absolute atomic E-state index is 0.0565. The van der Waals surface area contributed by atoms with Crippen LogP contribution in [0.15, 0.2) is 116 Å². The number of H-pyrrole nitrogens is 1. The van der Waals surface area contributed by atoms with Crippen molar-refractivity contribution in [3.8, 4) is 23.3 Å². The van der Waals surface area contributed by atoms with Crippen molar-refractivity contribution in [2.24, 2.45) is 5.92 Å². The number of ketones is 1. The molecule has 0 bridgehead atoms. The molecule has 16 nitrogen and oxygen atoms in total. The van der Waals surface area contributed by atoms with Crippen molar-refractivity contribution < 1.29 is 23.8 Å².